The summed E-state index contributed by atoms with van der Waals surface area (Å²) in [4.78, 5) is 4.25. The van der Waals surface area contributed by atoms with E-state index < -0.39 is 0 Å². The van der Waals surface area contributed by atoms with Crippen LogP contribution in [0.15, 0.2) is 29.0 Å². The lowest BCUT2D eigenvalue weighted by Gasteiger charge is -2.12. The lowest BCUT2D eigenvalue weighted by atomic mass is 10.3. The number of nitrogens with one attached hydrogen (secondary N) is 1. The lowest BCUT2D eigenvalue weighted by molar-refractivity contribution is 0.627. The van der Waals surface area contributed by atoms with E-state index in [4.69, 9.17) is 11.6 Å². The minimum absolute atomic E-state index is 0.317. The first-order chi connectivity index (χ1) is 9.11. The first-order valence-electron chi connectivity index (χ1n) is 6.04. The van der Waals surface area contributed by atoms with Crippen LogP contribution in [0.3, 0.4) is 0 Å². The van der Waals surface area contributed by atoms with Crippen LogP contribution in [0.25, 0.3) is 0 Å². The highest BCUT2D eigenvalue weighted by molar-refractivity contribution is 9.10. The molecule has 2 rings (SSSR count). The zero-order valence-electron chi connectivity index (χ0n) is 10.5. The number of benzene rings is 1. The largest absolute Gasteiger partial charge is 0.323 e. The van der Waals surface area contributed by atoms with Gasteiger partial charge in [0.25, 0.3) is 0 Å². The molecular weight excluding hydrogens is 333 g/mol. The predicted molar refractivity (Wildman–Crippen MR) is 79.5 cm³/mol. The molecule has 0 spiro atoms. The van der Waals surface area contributed by atoms with E-state index in [1.165, 1.54) is 12.1 Å². The minimum atomic E-state index is -0.378. The number of aromatic nitrogens is 2. The summed E-state index contributed by atoms with van der Waals surface area (Å²) in [5, 5.41) is 3.45. The monoisotopic (exact) mass is 345 g/mol. The molecule has 0 saturated carbocycles. The Balaban J connectivity index is 2.24. The minimum Gasteiger partial charge on any atom is -0.323 e. The number of hydrogen-bond acceptors (Lipinski definition) is 2. The van der Waals surface area contributed by atoms with Gasteiger partial charge in [0.15, 0.2) is 0 Å². The van der Waals surface area contributed by atoms with Gasteiger partial charge in [0.1, 0.15) is 5.82 Å². The van der Waals surface area contributed by atoms with Crippen molar-refractivity contribution in [3.63, 3.8) is 0 Å². The van der Waals surface area contributed by atoms with E-state index >= 15 is 0 Å². The van der Waals surface area contributed by atoms with Crippen LogP contribution in [0, 0.1) is 5.82 Å². The Kier molecular flexibility index (Phi) is 4.82. The van der Waals surface area contributed by atoms with E-state index in [0.29, 0.717) is 21.1 Å². The smallest absolute Gasteiger partial charge is 0.207 e. The highest BCUT2D eigenvalue weighted by atomic mass is 79.9. The second-order valence-electron chi connectivity index (χ2n) is 4.17. The highest BCUT2D eigenvalue weighted by Crippen LogP contribution is 2.33. The van der Waals surface area contributed by atoms with Gasteiger partial charge in [0.05, 0.1) is 10.7 Å². The molecule has 1 N–H and O–H groups in total. The summed E-state index contributed by atoms with van der Waals surface area (Å²) in [7, 11) is 0. The van der Waals surface area contributed by atoms with Crippen molar-refractivity contribution in [2.24, 2.45) is 0 Å². The van der Waals surface area contributed by atoms with Gasteiger partial charge in [-0.3, -0.25) is 0 Å². The lowest BCUT2D eigenvalue weighted by Crippen LogP contribution is -2.04. The second kappa shape index (κ2) is 6.39. The van der Waals surface area contributed by atoms with Gasteiger partial charge in [-0.2, -0.15) is 0 Å². The Hall–Kier alpha value is -1.07. The van der Waals surface area contributed by atoms with Gasteiger partial charge in [-0.05, 0) is 34.5 Å². The molecule has 0 atom stereocenters. The van der Waals surface area contributed by atoms with Crippen LogP contribution in [0.5, 0.6) is 0 Å². The molecule has 1 aromatic carbocycles. The molecule has 3 nitrogen and oxygen atoms in total. The molecule has 0 bridgehead atoms. The molecular formula is C13H14BrClFN3. The standard InChI is InChI=1S/C13H14BrClFN3/c1-2-3-5-19-6-4-17-13(19)18-12-10(14)7-9(16)8-11(12)15/h4,6-8H,2-3,5H2,1H3,(H,17,18). The SMILES string of the molecule is CCCCn1ccnc1Nc1c(Cl)cc(F)cc1Br. The Labute approximate surface area is 124 Å². The van der Waals surface area contributed by atoms with Crippen molar-refractivity contribution in [1.29, 1.82) is 0 Å². The summed E-state index contributed by atoms with van der Waals surface area (Å²) >= 11 is 9.34. The maximum Gasteiger partial charge on any atom is 0.207 e. The van der Waals surface area contributed by atoms with Gasteiger partial charge >= 0.3 is 0 Å². The van der Waals surface area contributed by atoms with Crippen molar-refractivity contribution >= 4 is 39.2 Å². The second-order valence-corrected chi connectivity index (χ2v) is 5.43. The number of rotatable bonds is 5. The summed E-state index contributed by atoms with van der Waals surface area (Å²) in [6.07, 6.45) is 5.81. The molecule has 0 fully saturated rings. The van der Waals surface area contributed by atoms with Crippen molar-refractivity contribution in [3.05, 3.63) is 39.8 Å². The van der Waals surface area contributed by atoms with Crippen LogP contribution in [0.4, 0.5) is 16.0 Å². The van der Waals surface area contributed by atoms with Gasteiger partial charge in [-0.25, -0.2) is 9.37 Å². The first-order valence-corrected chi connectivity index (χ1v) is 7.21. The fourth-order valence-electron chi connectivity index (χ4n) is 1.72. The average molecular weight is 347 g/mol. The Morgan fingerprint density at radius 1 is 1.47 bits per heavy atom. The zero-order valence-corrected chi connectivity index (χ0v) is 12.8. The molecule has 0 aliphatic carbocycles. The fourth-order valence-corrected chi connectivity index (χ4v) is 2.61. The third-order valence-corrected chi connectivity index (χ3v) is 3.64. The molecule has 0 aliphatic rings. The summed E-state index contributed by atoms with van der Waals surface area (Å²) in [5.41, 5.74) is 0.618. The fraction of sp³-hybridized carbons (Fsp3) is 0.308. The summed E-state index contributed by atoms with van der Waals surface area (Å²) in [5.74, 6) is 0.319. The quantitative estimate of drug-likeness (QED) is 0.827. The van der Waals surface area contributed by atoms with Gasteiger partial charge in [-0.1, -0.05) is 24.9 Å². The van der Waals surface area contributed by atoms with Crippen LogP contribution < -0.4 is 5.32 Å². The molecule has 102 valence electrons. The van der Waals surface area contributed by atoms with Crippen molar-refractivity contribution < 1.29 is 4.39 Å². The number of anilines is 2. The summed E-state index contributed by atoms with van der Waals surface area (Å²) in [6.45, 7) is 3.02. The molecule has 19 heavy (non-hydrogen) atoms. The number of aryl methyl sites for hydroxylation is 1. The van der Waals surface area contributed by atoms with Crippen molar-refractivity contribution in [3.8, 4) is 0 Å². The van der Waals surface area contributed by atoms with E-state index in [1.807, 2.05) is 10.8 Å². The molecule has 0 unspecified atom stereocenters. The van der Waals surface area contributed by atoms with Crippen molar-refractivity contribution in [2.75, 3.05) is 5.32 Å². The molecule has 0 amide bonds. The van der Waals surface area contributed by atoms with Crippen LogP contribution in [-0.4, -0.2) is 9.55 Å². The maximum atomic E-state index is 13.2. The Morgan fingerprint density at radius 3 is 2.95 bits per heavy atom. The van der Waals surface area contributed by atoms with Crippen LogP contribution in [0.1, 0.15) is 19.8 Å². The number of imidazole rings is 1. The molecule has 2 aromatic rings. The van der Waals surface area contributed by atoms with E-state index in [0.717, 1.165) is 19.4 Å². The molecule has 1 aromatic heterocycles. The highest BCUT2D eigenvalue weighted by Gasteiger charge is 2.11. The van der Waals surface area contributed by atoms with Crippen molar-refractivity contribution in [2.45, 2.75) is 26.3 Å². The van der Waals surface area contributed by atoms with Crippen LogP contribution >= 0.6 is 27.5 Å². The summed E-state index contributed by atoms with van der Waals surface area (Å²) in [6, 6.07) is 2.64. The Morgan fingerprint density at radius 2 is 2.26 bits per heavy atom. The predicted octanol–water partition coefficient (Wildman–Crippen LogP) is 4.98. The third kappa shape index (κ3) is 3.48. The van der Waals surface area contributed by atoms with E-state index in [9.17, 15) is 4.39 Å². The average Bonchev–Trinajstić information content (AvgIpc) is 2.78. The molecule has 0 aliphatic heterocycles. The number of halogens is 3. The maximum absolute atomic E-state index is 13.2. The van der Waals surface area contributed by atoms with Crippen LogP contribution in [0.2, 0.25) is 5.02 Å². The Bertz CT molecular complexity index is 548. The van der Waals surface area contributed by atoms with Crippen molar-refractivity contribution in [1.82, 2.24) is 9.55 Å². The first kappa shape index (κ1) is 14.3. The summed E-state index contributed by atoms with van der Waals surface area (Å²) < 4.78 is 15.8. The van der Waals surface area contributed by atoms with Gasteiger partial charge in [-0.15, -0.1) is 0 Å². The van der Waals surface area contributed by atoms with E-state index in [1.54, 1.807) is 6.20 Å². The number of unbranched alkanes of at least 4 members (excludes halogenated alkanes) is 1. The van der Waals surface area contributed by atoms with Gasteiger partial charge in [0.2, 0.25) is 5.95 Å². The van der Waals surface area contributed by atoms with Crippen LogP contribution in [-0.2, 0) is 6.54 Å². The van der Waals surface area contributed by atoms with Gasteiger partial charge < -0.3 is 9.88 Å². The molecule has 1 heterocycles. The van der Waals surface area contributed by atoms with Gasteiger partial charge in [0, 0.05) is 23.4 Å². The zero-order chi connectivity index (χ0) is 13.8. The van der Waals surface area contributed by atoms with E-state index in [2.05, 4.69) is 33.2 Å². The topological polar surface area (TPSA) is 29.9 Å². The number of nitrogens with zero attached hydrogens (tertiary/aromatic N) is 2. The number of hydrogen-bond donors (Lipinski definition) is 1. The molecule has 6 heteroatoms. The third-order valence-electron chi connectivity index (χ3n) is 2.71. The normalized spacial score (nSPS) is 10.7. The molecule has 0 saturated heterocycles. The van der Waals surface area contributed by atoms with E-state index in [-0.39, 0.29) is 5.82 Å². The molecule has 0 radical (unpaired) electrons.